The van der Waals surface area contributed by atoms with Crippen LogP contribution in [0.1, 0.15) is 44.8 Å². The van der Waals surface area contributed by atoms with Crippen molar-refractivity contribution >= 4 is 22.8 Å². The fourth-order valence-electron chi connectivity index (χ4n) is 3.75. The summed E-state index contributed by atoms with van der Waals surface area (Å²) < 4.78 is 20.0. The van der Waals surface area contributed by atoms with Crippen LogP contribution in [-0.4, -0.2) is 23.6 Å². The summed E-state index contributed by atoms with van der Waals surface area (Å²) in [5.41, 5.74) is 3.66. The molecule has 1 N–H and O–H groups in total. The molecule has 4 rings (SSSR count). The molecule has 1 amide bonds. The van der Waals surface area contributed by atoms with Crippen LogP contribution in [0.25, 0.3) is 10.9 Å². The molecule has 6 heteroatoms. The number of benzene rings is 3. The van der Waals surface area contributed by atoms with E-state index in [9.17, 15) is 14.0 Å². The summed E-state index contributed by atoms with van der Waals surface area (Å²) in [4.78, 5) is 24.8. The van der Waals surface area contributed by atoms with E-state index in [1.165, 1.54) is 19.2 Å². The Morgan fingerprint density at radius 1 is 1.00 bits per heavy atom. The van der Waals surface area contributed by atoms with E-state index in [0.717, 1.165) is 22.0 Å². The lowest BCUT2D eigenvalue weighted by molar-refractivity contribution is 0.0600. The minimum Gasteiger partial charge on any atom is -0.465 e. The molecule has 32 heavy (non-hydrogen) atoms. The average molecular weight is 430 g/mol. The third kappa shape index (κ3) is 4.39. The van der Waals surface area contributed by atoms with Crippen molar-refractivity contribution < 1.29 is 18.7 Å². The van der Waals surface area contributed by atoms with Gasteiger partial charge in [-0.15, -0.1) is 0 Å². The summed E-state index contributed by atoms with van der Waals surface area (Å²) in [7, 11) is 1.34. The molecular weight excluding hydrogens is 407 g/mol. The zero-order valence-electron chi connectivity index (χ0n) is 17.8. The van der Waals surface area contributed by atoms with Gasteiger partial charge in [-0.1, -0.05) is 36.4 Å². The van der Waals surface area contributed by atoms with Gasteiger partial charge in [0.25, 0.3) is 5.91 Å². The summed E-state index contributed by atoms with van der Waals surface area (Å²) >= 11 is 0. The van der Waals surface area contributed by atoms with Crippen LogP contribution >= 0.6 is 0 Å². The second kappa shape index (κ2) is 9.06. The highest BCUT2D eigenvalue weighted by atomic mass is 19.1. The number of carbonyl (C=O) groups is 2. The van der Waals surface area contributed by atoms with Crippen LogP contribution in [0, 0.1) is 5.82 Å². The van der Waals surface area contributed by atoms with E-state index < -0.39 is 5.97 Å². The first-order chi connectivity index (χ1) is 15.5. The highest BCUT2D eigenvalue weighted by molar-refractivity contribution is 6.06. The Hall–Kier alpha value is -3.93. The van der Waals surface area contributed by atoms with E-state index in [2.05, 4.69) is 5.32 Å². The van der Waals surface area contributed by atoms with Gasteiger partial charge >= 0.3 is 5.97 Å². The first-order valence-corrected chi connectivity index (χ1v) is 10.3. The molecule has 162 valence electrons. The number of amides is 1. The summed E-state index contributed by atoms with van der Waals surface area (Å²) in [6.07, 6.45) is 1.93. The molecule has 0 radical (unpaired) electrons. The maximum atomic E-state index is 13.2. The third-order valence-corrected chi connectivity index (χ3v) is 5.48. The molecule has 0 spiro atoms. The van der Waals surface area contributed by atoms with Crippen molar-refractivity contribution in [3.05, 3.63) is 107 Å². The summed E-state index contributed by atoms with van der Waals surface area (Å²) in [6.45, 7) is 2.42. The van der Waals surface area contributed by atoms with Crippen LogP contribution < -0.4 is 5.32 Å². The Kier molecular flexibility index (Phi) is 6.03. The molecule has 4 aromatic rings. The van der Waals surface area contributed by atoms with E-state index in [0.29, 0.717) is 17.7 Å². The molecule has 1 atom stereocenters. The van der Waals surface area contributed by atoms with Crippen LogP contribution in [-0.2, 0) is 11.3 Å². The van der Waals surface area contributed by atoms with Gasteiger partial charge in [0.2, 0.25) is 0 Å². The second-order valence-corrected chi connectivity index (χ2v) is 7.62. The monoisotopic (exact) mass is 430 g/mol. The predicted molar refractivity (Wildman–Crippen MR) is 121 cm³/mol. The molecule has 0 aliphatic heterocycles. The largest absolute Gasteiger partial charge is 0.465 e. The molecule has 5 nitrogen and oxygen atoms in total. The van der Waals surface area contributed by atoms with Crippen LogP contribution in [0.2, 0.25) is 0 Å². The van der Waals surface area contributed by atoms with E-state index in [1.807, 2.05) is 35.9 Å². The summed E-state index contributed by atoms with van der Waals surface area (Å²) in [5, 5.41) is 3.99. The van der Waals surface area contributed by atoms with Gasteiger partial charge in [-0.05, 0) is 54.4 Å². The van der Waals surface area contributed by atoms with Crippen LogP contribution in [0.5, 0.6) is 0 Å². The maximum absolute atomic E-state index is 13.2. The Labute approximate surface area is 185 Å². The number of ether oxygens (including phenoxy) is 1. The zero-order chi connectivity index (χ0) is 22.7. The molecule has 3 aromatic carbocycles. The van der Waals surface area contributed by atoms with Gasteiger partial charge in [0, 0.05) is 18.1 Å². The zero-order valence-corrected chi connectivity index (χ0v) is 17.8. The topological polar surface area (TPSA) is 60.3 Å². The predicted octanol–water partition coefficient (Wildman–Crippen LogP) is 5.11. The van der Waals surface area contributed by atoms with E-state index in [1.54, 1.807) is 42.5 Å². The Bertz CT molecular complexity index is 1260. The number of esters is 1. The quantitative estimate of drug-likeness (QED) is 0.433. The van der Waals surface area contributed by atoms with Crippen LogP contribution in [0.15, 0.2) is 79.0 Å². The lowest BCUT2D eigenvalue weighted by Crippen LogP contribution is -2.27. The van der Waals surface area contributed by atoms with Crippen molar-refractivity contribution in [1.82, 2.24) is 9.88 Å². The van der Waals surface area contributed by atoms with Crippen molar-refractivity contribution in [2.45, 2.75) is 19.5 Å². The number of methoxy groups -OCH3 is 1. The van der Waals surface area contributed by atoms with Gasteiger partial charge in [-0.2, -0.15) is 0 Å². The number of nitrogens with one attached hydrogen (secondary N) is 1. The minimum absolute atomic E-state index is 0.195. The number of carbonyl (C=O) groups excluding carboxylic acids is 2. The van der Waals surface area contributed by atoms with Gasteiger partial charge in [0.15, 0.2) is 0 Å². The third-order valence-electron chi connectivity index (χ3n) is 5.48. The van der Waals surface area contributed by atoms with Crippen LogP contribution in [0.4, 0.5) is 4.39 Å². The van der Waals surface area contributed by atoms with Gasteiger partial charge in [0.1, 0.15) is 5.82 Å². The molecule has 0 unspecified atom stereocenters. The Morgan fingerprint density at radius 3 is 2.41 bits per heavy atom. The lowest BCUT2D eigenvalue weighted by atomic mass is 10.0. The first kappa shape index (κ1) is 21.3. The number of hydrogen-bond acceptors (Lipinski definition) is 3. The highest BCUT2D eigenvalue weighted by Gasteiger charge is 2.17. The molecule has 1 aromatic heterocycles. The fourth-order valence-corrected chi connectivity index (χ4v) is 3.75. The van der Waals surface area contributed by atoms with Gasteiger partial charge in [-0.25, -0.2) is 9.18 Å². The molecule has 0 saturated heterocycles. The number of rotatable bonds is 6. The highest BCUT2D eigenvalue weighted by Crippen LogP contribution is 2.23. The van der Waals surface area contributed by atoms with E-state index >= 15 is 0 Å². The molecule has 0 aliphatic rings. The van der Waals surface area contributed by atoms with Gasteiger partial charge in [-0.3, -0.25) is 4.79 Å². The van der Waals surface area contributed by atoms with E-state index in [4.69, 9.17) is 4.74 Å². The van der Waals surface area contributed by atoms with Crippen molar-refractivity contribution in [1.29, 1.82) is 0 Å². The van der Waals surface area contributed by atoms with Crippen molar-refractivity contribution in [2.75, 3.05) is 7.11 Å². The lowest BCUT2D eigenvalue weighted by Gasteiger charge is -2.16. The molecule has 0 bridgehead atoms. The first-order valence-electron chi connectivity index (χ1n) is 10.3. The summed E-state index contributed by atoms with van der Waals surface area (Å²) in [5.74, 6) is -0.874. The van der Waals surface area contributed by atoms with Crippen molar-refractivity contribution in [3.63, 3.8) is 0 Å². The Balaban J connectivity index is 1.57. The smallest absolute Gasteiger partial charge is 0.337 e. The maximum Gasteiger partial charge on any atom is 0.337 e. The van der Waals surface area contributed by atoms with Crippen molar-refractivity contribution in [2.24, 2.45) is 0 Å². The number of nitrogens with zero attached hydrogens (tertiary/aromatic N) is 1. The molecular formula is C26H23FN2O3. The second-order valence-electron chi connectivity index (χ2n) is 7.62. The number of fused-ring (bicyclic) bond motifs is 1. The van der Waals surface area contributed by atoms with Crippen LogP contribution in [0.3, 0.4) is 0 Å². The molecule has 0 aliphatic carbocycles. The van der Waals surface area contributed by atoms with E-state index in [-0.39, 0.29) is 17.8 Å². The molecule has 0 fully saturated rings. The minimum atomic E-state index is -0.401. The SMILES string of the molecule is COC(=O)c1ccc([C@H](C)NC(=O)c2cccc3ccn(Cc4ccc(F)cc4)c23)cc1. The number of halogens is 1. The number of para-hydroxylation sites is 1. The van der Waals surface area contributed by atoms with Gasteiger partial charge < -0.3 is 14.6 Å². The van der Waals surface area contributed by atoms with Crippen molar-refractivity contribution in [3.8, 4) is 0 Å². The normalized spacial score (nSPS) is 11.8. The average Bonchev–Trinajstić information content (AvgIpc) is 3.23. The number of aromatic nitrogens is 1. The molecule has 0 saturated carbocycles. The molecule has 1 heterocycles. The number of hydrogen-bond donors (Lipinski definition) is 1. The standard InChI is InChI=1S/C26H23FN2O3/c1-17(19-8-10-21(11-9-19)26(31)32-2)28-25(30)23-5-3-4-20-14-15-29(24(20)23)16-18-6-12-22(27)13-7-18/h3-15,17H,16H2,1-2H3,(H,28,30)/t17-/m0/s1. The fraction of sp³-hybridized carbons (Fsp3) is 0.154. The summed E-state index contributed by atoms with van der Waals surface area (Å²) in [6, 6.07) is 20.6. The van der Waals surface area contributed by atoms with Gasteiger partial charge in [0.05, 0.1) is 29.8 Å². The Morgan fingerprint density at radius 2 is 1.72 bits per heavy atom.